The number of aliphatic hydroxyl groups is 4. The normalized spacial score (nSPS) is 16.8. The largest absolute Gasteiger partial charge is 0.394 e. The molecule has 0 radical (unpaired) electrons. The molecule has 0 aromatic heterocycles. The van der Waals surface area contributed by atoms with Crippen LogP contribution in [-0.2, 0) is 9.47 Å². The number of ether oxygens (including phenoxy) is 2. The Morgan fingerprint density at radius 3 is 1.53 bits per heavy atom. The zero-order chi connectivity index (χ0) is 13.1. The van der Waals surface area contributed by atoms with Crippen LogP contribution in [0.1, 0.15) is 13.3 Å². The van der Waals surface area contributed by atoms with Gasteiger partial charge in [0, 0.05) is 5.92 Å². The van der Waals surface area contributed by atoms with Gasteiger partial charge in [-0.25, -0.2) is 0 Å². The minimum absolute atomic E-state index is 0.103. The van der Waals surface area contributed by atoms with Crippen molar-refractivity contribution in [3.63, 3.8) is 0 Å². The lowest BCUT2D eigenvalue weighted by molar-refractivity contribution is -0.0352. The Morgan fingerprint density at radius 2 is 1.24 bits per heavy atom. The van der Waals surface area contributed by atoms with Gasteiger partial charge >= 0.3 is 0 Å². The van der Waals surface area contributed by atoms with Crippen LogP contribution in [-0.4, -0.2) is 72.3 Å². The van der Waals surface area contributed by atoms with Crippen molar-refractivity contribution in [2.24, 2.45) is 5.92 Å². The highest BCUT2D eigenvalue weighted by molar-refractivity contribution is 4.57. The number of hydrogen-bond donors (Lipinski definition) is 4. The Bertz CT molecular complexity index is 150. The molecule has 0 spiro atoms. The lowest BCUT2D eigenvalue weighted by Crippen LogP contribution is -2.25. The lowest BCUT2D eigenvalue weighted by Gasteiger charge is -2.17. The Labute approximate surface area is 102 Å². The second kappa shape index (κ2) is 10.9. The van der Waals surface area contributed by atoms with E-state index in [1.54, 1.807) is 0 Å². The first-order valence-corrected chi connectivity index (χ1v) is 5.87. The summed E-state index contributed by atoms with van der Waals surface area (Å²) in [6.07, 6.45) is -0.834. The van der Waals surface area contributed by atoms with Crippen molar-refractivity contribution in [1.82, 2.24) is 0 Å². The Morgan fingerprint density at radius 1 is 0.824 bits per heavy atom. The van der Waals surface area contributed by atoms with E-state index in [1.807, 2.05) is 6.92 Å². The van der Waals surface area contributed by atoms with Crippen LogP contribution in [0.15, 0.2) is 0 Å². The maximum atomic E-state index is 9.06. The molecule has 6 heteroatoms. The maximum Gasteiger partial charge on any atom is 0.100 e. The second-order valence-electron chi connectivity index (χ2n) is 4.02. The summed E-state index contributed by atoms with van der Waals surface area (Å²) in [6, 6.07) is 0. The third-order valence-corrected chi connectivity index (χ3v) is 2.33. The van der Waals surface area contributed by atoms with Crippen molar-refractivity contribution < 1.29 is 29.9 Å². The van der Waals surface area contributed by atoms with Crippen LogP contribution in [0, 0.1) is 5.92 Å². The summed E-state index contributed by atoms with van der Waals surface area (Å²) in [7, 11) is 0. The first-order chi connectivity index (χ1) is 8.13. The van der Waals surface area contributed by atoms with Crippen molar-refractivity contribution >= 4 is 0 Å². The Balaban J connectivity index is 3.55. The van der Waals surface area contributed by atoms with Crippen molar-refractivity contribution in [2.45, 2.75) is 25.6 Å². The first-order valence-electron chi connectivity index (χ1n) is 5.87. The smallest absolute Gasteiger partial charge is 0.100 e. The van der Waals surface area contributed by atoms with Gasteiger partial charge in [0.15, 0.2) is 0 Å². The minimum atomic E-state index is -0.843. The molecule has 2 atom stereocenters. The van der Waals surface area contributed by atoms with Gasteiger partial charge in [0.05, 0.1) is 39.6 Å². The van der Waals surface area contributed by atoms with Crippen LogP contribution in [0.4, 0.5) is 0 Å². The molecular weight excluding hydrogens is 228 g/mol. The highest BCUT2D eigenvalue weighted by Crippen LogP contribution is 2.05. The summed E-state index contributed by atoms with van der Waals surface area (Å²) in [5.41, 5.74) is 0. The topological polar surface area (TPSA) is 99.4 Å². The summed E-state index contributed by atoms with van der Waals surface area (Å²) in [5.74, 6) is 0.173. The van der Waals surface area contributed by atoms with Crippen molar-refractivity contribution in [3.05, 3.63) is 0 Å². The second-order valence-corrected chi connectivity index (χ2v) is 4.02. The Hall–Kier alpha value is -0.240. The SMILES string of the molecule is CCC(COCC(O)CO)COCC(O)CO. The predicted octanol–water partition coefficient (Wildman–Crippen LogP) is -1.25. The van der Waals surface area contributed by atoms with Crippen molar-refractivity contribution in [2.75, 3.05) is 39.6 Å². The number of aliphatic hydroxyl groups excluding tert-OH is 4. The van der Waals surface area contributed by atoms with Gasteiger partial charge in [-0.15, -0.1) is 0 Å². The Kier molecular flexibility index (Phi) is 10.7. The summed E-state index contributed by atoms with van der Waals surface area (Å²) in [5, 5.41) is 35.3. The fraction of sp³-hybridized carbons (Fsp3) is 1.00. The standard InChI is InChI=1S/C11H24O6/c1-2-9(5-16-7-10(14)3-12)6-17-8-11(15)4-13/h9-15H,2-8H2,1H3. The number of rotatable bonds is 11. The molecule has 0 saturated heterocycles. The zero-order valence-corrected chi connectivity index (χ0v) is 10.3. The molecule has 0 saturated carbocycles. The molecule has 104 valence electrons. The highest BCUT2D eigenvalue weighted by atomic mass is 16.5. The van der Waals surface area contributed by atoms with Crippen LogP contribution in [0.3, 0.4) is 0 Å². The van der Waals surface area contributed by atoms with Gasteiger partial charge in [-0.1, -0.05) is 6.92 Å². The maximum absolute atomic E-state index is 9.06. The van der Waals surface area contributed by atoms with Crippen molar-refractivity contribution in [1.29, 1.82) is 0 Å². The lowest BCUT2D eigenvalue weighted by atomic mass is 10.1. The summed E-state index contributed by atoms with van der Waals surface area (Å²) in [6.45, 7) is 2.44. The molecule has 0 amide bonds. The molecule has 2 unspecified atom stereocenters. The van der Waals surface area contributed by atoms with Gasteiger partial charge in [0.2, 0.25) is 0 Å². The molecule has 0 aromatic rings. The summed E-state index contributed by atoms with van der Waals surface area (Å²) < 4.78 is 10.4. The van der Waals surface area contributed by atoms with E-state index in [0.29, 0.717) is 13.2 Å². The molecule has 6 nitrogen and oxygen atoms in total. The molecule has 17 heavy (non-hydrogen) atoms. The molecule has 0 aliphatic heterocycles. The highest BCUT2D eigenvalue weighted by Gasteiger charge is 2.10. The quantitative estimate of drug-likeness (QED) is 0.367. The number of hydrogen-bond acceptors (Lipinski definition) is 6. The minimum Gasteiger partial charge on any atom is -0.394 e. The average Bonchev–Trinajstić information content (AvgIpc) is 2.36. The van der Waals surface area contributed by atoms with Gasteiger partial charge in [0.25, 0.3) is 0 Å². The average molecular weight is 252 g/mol. The van der Waals surface area contributed by atoms with Gasteiger partial charge in [-0.05, 0) is 6.42 Å². The molecule has 0 aromatic carbocycles. The van der Waals surface area contributed by atoms with Gasteiger partial charge in [-0.3, -0.25) is 0 Å². The summed E-state index contributed by atoms with van der Waals surface area (Å²) >= 11 is 0. The molecule has 0 aliphatic carbocycles. The summed E-state index contributed by atoms with van der Waals surface area (Å²) in [4.78, 5) is 0. The van der Waals surface area contributed by atoms with E-state index >= 15 is 0 Å². The van der Waals surface area contributed by atoms with Gasteiger partial charge < -0.3 is 29.9 Å². The van der Waals surface area contributed by atoms with Crippen molar-refractivity contribution in [3.8, 4) is 0 Å². The van der Waals surface area contributed by atoms with E-state index in [0.717, 1.165) is 6.42 Å². The van der Waals surface area contributed by atoms with Crippen LogP contribution < -0.4 is 0 Å². The van der Waals surface area contributed by atoms with Crippen LogP contribution in [0.2, 0.25) is 0 Å². The monoisotopic (exact) mass is 252 g/mol. The molecule has 4 N–H and O–H groups in total. The molecule has 0 aliphatic rings. The van der Waals surface area contributed by atoms with Crippen LogP contribution in [0.25, 0.3) is 0 Å². The van der Waals surface area contributed by atoms with Crippen LogP contribution in [0.5, 0.6) is 0 Å². The molecule has 0 bridgehead atoms. The van der Waals surface area contributed by atoms with Crippen LogP contribution >= 0.6 is 0 Å². The van der Waals surface area contributed by atoms with Gasteiger partial charge in [0.1, 0.15) is 12.2 Å². The van der Waals surface area contributed by atoms with E-state index < -0.39 is 12.2 Å². The van der Waals surface area contributed by atoms with E-state index in [9.17, 15) is 0 Å². The zero-order valence-electron chi connectivity index (χ0n) is 10.3. The fourth-order valence-corrected chi connectivity index (χ4v) is 1.13. The van der Waals surface area contributed by atoms with Gasteiger partial charge in [-0.2, -0.15) is 0 Å². The third kappa shape index (κ3) is 9.46. The third-order valence-electron chi connectivity index (χ3n) is 2.33. The van der Waals surface area contributed by atoms with E-state index in [-0.39, 0.29) is 32.3 Å². The van der Waals surface area contributed by atoms with E-state index in [1.165, 1.54) is 0 Å². The molecule has 0 fully saturated rings. The fourth-order valence-electron chi connectivity index (χ4n) is 1.13. The molecular formula is C11H24O6. The first kappa shape index (κ1) is 16.8. The molecule has 0 rings (SSSR count). The van der Waals surface area contributed by atoms with E-state index in [4.69, 9.17) is 29.9 Å². The molecule has 0 heterocycles. The van der Waals surface area contributed by atoms with E-state index in [2.05, 4.69) is 0 Å². The predicted molar refractivity (Wildman–Crippen MR) is 61.6 cm³/mol.